The molecule has 4 aromatic carbocycles. The van der Waals surface area contributed by atoms with Crippen LogP contribution in [0.5, 0.6) is 23.0 Å². The van der Waals surface area contributed by atoms with Gasteiger partial charge in [-0.1, -0.05) is 48.5 Å². The van der Waals surface area contributed by atoms with Crippen molar-refractivity contribution in [3.63, 3.8) is 0 Å². The minimum atomic E-state index is -1.83. The number of rotatable bonds is 12. The second-order valence-electron chi connectivity index (χ2n) is 8.89. The number of hydrogen-bond donors (Lipinski definition) is 8. The Kier molecular flexibility index (Phi) is 24.3. The predicted molar refractivity (Wildman–Crippen MR) is 169 cm³/mol. The van der Waals surface area contributed by atoms with Gasteiger partial charge in [0.15, 0.2) is 0 Å². The second kappa shape index (κ2) is 26.2. The third-order valence-electron chi connectivity index (χ3n) is 5.28. The molecule has 0 radical (unpaired) electrons. The molecular formula is C28H33B4F4LiO12. The van der Waals surface area contributed by atoms with E-state index in [0.717, 1.165) is 0 Å². The summed E-state index contributed by atoms with van der Waals surface area (Å²) in [5.74, 6) is 1.17. The second-order valence-corrected chi connectivity index (χ2v) is 8.89. The fourth-order valence-electron chi connectivity index (χ4n) is 3.12. The largest absolute Gasteiger partial charge is 1.00 e. The molecule has 0 bridgehead atoms. The first kappa shape index (κ1) is 45.3. The Labute approximate surface area is 294 Å². The van der Waals surface area contributed by atoms with Crippen LogP contribution in [0.1, 0.15) is 23.7 Å². The van der Waals surface area contributed by atoms with Gasteiger partial charge in [-0.25, -0.2) is 17.6 Å². The van der Waals surface area contributed by atoms with Crippen molar-refractivity contribution >= 4 is 29.3 Å². The summed E-state index contributed by atoms with van der Waals surface area (Å²) in [5.41, 5.74) is 2.09. The van der Waals surface area contributed by atoms with Crippen LogP contribution in [0.15, 0.2) is 97.1 Å². The smallest absolute Gasteiger partial charge is 1.00 e. The van der Waals surface area contributed by atoms with Crippen molar-refractivity contribution in [1.29, 1.82) is 0 Å². The molecule has 0 saturated heterocycles. The van der Waals surface area contributed by atoms with Crippen molar-refractivity contribution in [2.24, 2.45) is 0 Å². The zero-order chi connectivity index (χ0) is 35.9. The van der Waals surface area contributed by atoms with Gasteiger partial charge in [-0.3, -0.25) is 0 Å². The summed E-state index contributed by atoms with van der Waals surface area (Å²) in [6.07, 6.45) is 0. The molecule has 0 aliphatic rings. The topological polar surface area (TPSA) is 199 Å². The van der Waals surface area contributed by atoms with E-state index in [9.17, 15) is 17.6 Å². The van der Waals surface area contributed by atoms with Crippen LogP contribution >= 0.6 is 0 Å². The van der Waals surface area contributed by atoms with E-state index in [1.54, 1.807) is 0 Å². The fourth-order valence-corrected chi connectivity index (χ4v) is 3.12. The van der Waals surface area contributed by atoms with Crippen molar-refractivity contribution < 1.29 is 96.7 Å². The molecule has 0 amide bonds. The predicted octanol–water partition coefficient (Wildman–Crippen LogP) is -0.866. The molecule has 0 atom stereocenters. The van der Waals surface area contributed by atoms with E-state index in [1.165, 1.54) is 97.1 Å². The van der Waals surface area contributed by atoms with E-state index in [0.29, 0.717) is 45.3 Å². The molecule has 0 saturated carbocycles. The van der Waals surface area contributed by atoms with Crippen LogP contribution in [-0.2, 0) is 26.7 Å². The number of alkyl halides is 4. The van der Waals surface area contributed by atoms with Crippen LogP contribution in [0, 0.1) is 0 Å². The van der Waals surface area contributed by atoms with Gasteiger partial charge in [0, 0.05) is 0 Å². The Morgan fingerprint density at radius 3 is 0.592 bits per heavy atom. The number of halogens is 4. The molecule has 0 fully saturated rings. The molecule has 0 unspecified atom stereocenters. The van der Waals surface area contributed by atoms with Gasteiger partial charge in [0.25, 0.3) is 0 Å². The van der Waals surface area contributed by atoms with Crippen molar-refractivity contribution in [1.82, 2.24) is 0 Å². The maximum atomic E-state index is 12.0. The Balaban J connectivity index is 0. The minimum Gasteiger partial charge on any atom is -1.00 e. The quantitative estimate of drug-likeness (QED) is 0.0678. The molecule has 0 aromatic heterocycles. The summed E-state index contributed by atoms with van der Waals surface area (Å²) in [7, 11) is -7.33. The van der Waals surface area contributed by atoms with Gasteiger partial charge in [-0.2, -0.15) is 0 Å². The van der Waals surface area contributed by atoms with Crippen LogP contribution in [0.2, 0.25) is 0 Å². The average Bonchev–Trinajstić information content (AvgIpc) is 3.06. The van der Waals surface area contributed by atoms with Gasteiger partial charge in [0.1, 0.15) is 49.7 Å². The third kappa shape index (κ3) is 21.8. The molecule has 49 heavy (non-hydrogen) atoms. The maximum Gasteiger partial charge on any atom is 1.00 e. The minimum absolute atomic E-state index is 0. The van der Waals surface area contributed by atoms with Crippen LogP contribution in [-0.4, -0.2) is 69.5 Å². The number of hydrogen-bond acceptors (Lipinski definition) is 12. The molecule has 4 aromatic rings. The fraction of sp³-hybridized carbons (Fsp3) is 0.143. The molecule has 0 heterocycles. The molecular weight excluding hydrogens is 654 g/mol. The summed E-state index contributed by atoms with van der Waals surface area (Å²) in [5, 5.41) is 67.1. The molecule has 8 N–H and O–H groups in total. The van der Waals surface area contributed by atoms with Gasteiger partial charge in [-0.15, -0.1) is 0 Å². The van der Waals surface area contributed by atoms with E-state index in [4.69, 9.17) is 40.2 Å². The Bertz CT molecular complexity index is 1180. The van der Waals surface area contributed by atoms with E-state index < -0.39 is 56.0 Å². The zero-order valence-corrected chi connectivity index (χ0v) is 26.1. The first-order valence-corrected chi connectivity index (χ1v) is 13.6. The van der Waals surface area contributed by atoms with E-state index in [-0.39, 0.29) is 20.3 Å². The molecule has 12 nitrogen and oxygen atoms in total. The molecule has 0 aliphatic carbocycles. The Morgan fingerprint density at radius 2 is 0.490 bits per heavy atom. The van der Waals surface area contributed by atoms with Gasteiger partial charge >= 0.3 is 48.1 Å². The summed E-state index contributed by atoms with van der Waals surface area (Å²) in [4.78, 5) is 0. The van der Waals surface area contributed by atoms with Gasteiger partial charge in [0.2, 0.25) is 0 Å². The van der Waals surface area contributed by atoms with Crippen LogP contribution in [0.4, 0.5) is 17.6 Å². The summed E-state index contributed by atoms with van der Waals surface area (Å²) < 4.78 is 65.9. The standard InChI is InChI=1S/4C7H8BFO3.Li.H/c4*9-5-6-1-3-7(4-2-6)12-8(10)11;;/h4*1-4,10-11H,5H2;;/q;;;;+1;-1. The van der Waals surface area contributed by atoms with E-state index in [2.05, 4.69) is 18.6 Å². The van der Waals surface area contributed by atoms with Crippen LogP contribution in [0.3, 0.4) is 0 Å². The van der Waals surface area contributed by atoms with Crippen molar-refractivity contribution in [2.75, 3.05) is 0 Å². The van der Waals surface area contributed by atoms with Crippen molar-refractivity contribution in [3.8, 4) is 23.0 Å². The Morgan fingerprint density at radius 1 is 0.347 bits per heavy atom. The first-order valence-electron chi connectivity index (χ1n) is 13.6. The monoisotopic (exact) mass is 688 g/mol. The van der Waals surface area contributed by atoms with Crippen molar-refractivity contribution in [2.45, 2.75) is 26.7 Å². The van der Waals surface area contributed by atoms with E-state index >= 15 is 0 Å². The van der Waals surface area contributed by atoms with Gasteiger partial charge < -0.3 is 60.2 Å². The van der Waals surface area contributed by atoms with Crippen LogP contribution < -0.4 is 37.5 Å². The number of benzene rings is 4. The normalized spacial score (nSPS) is 9.39. The van der Waals surface area contributed by atoms with E-state index in [1.807, 2.05) is 0 Å². The maximum absolute atomic E-state index is 12.0. The molecule has 4 rings (SSSR count). The third-order valence-corrected chi connectivity index (χ3v) is 5.28. The summed E-state index contributed by atoms with van der Waals surface area (Å²) in [6, 6.07) is 23.8. The molecule has 258 valence electrons. The zero-order valence-electron chi connectivity index (χ0n) is 27.1. The summed E-state index contributed by atoms with van der Waals surface area (Å²) in [6.45, 7) is -2.16. The molecule has 21 heteroatoms. The molecule has 0 aliphatic heterocycles. The van der Waals surface area contributed by atoms with Gasteiger partial charge in [-0.05, 0) is 70.8 Å². The average molecular weight is 688 g/mol. The SMILES string of the molecule is OB(O)Oc1ccc(CF)cc1.OB(O)Oc1ccc(CF)cc1.OB(O)Oc1ccc(CF)cc1.OB(O)Oc1ccc(CF)cc1.[H-].[Li+]. The van der Waals surface area contributed by atoms with Crippen molar-refractivity contribution in [3.05, 3.63) is 119 Å². The Hall–Kier alpha value is -3.66. The first-order chi connectivity index (χ1) is 22.9. The molecule has 0 spiro atoms. The van der Waals surface area contributed by atoms with Crippen LogP contribution in [0.25, 0.3) is 0 Å². The summed E-state index contributed by atoms with van der Waals surface area (Å²) >= 11 is 0. The van der Waals surface area contributed by atoms with Gasteiger partial charge in [0.05, 0.1) is 0 Å².